The minimum Gasteiger partial charge on any atom is -0.497 e. The maximum atomic E-state index is 12.3. The third kappa shape index (κ3) is 3.15. The molecule has 0 fully saturated rings. The van der Waals surface area contributed by atoms with E-state index in [0.29, 0.717) is 11.3 Å². The van der Waals surface area contributed by atoms with Crippen LogP contribution in [0.1, 0.15) is 10.4 Å². The average Bonchev–Trinajstić information content (AvgIpc) is 2.59. The lowest BCUT2D eigenvalue weighted by Gasteiger charge is -2.06. The smallest absolute Gasteiger partial charge is 0.173 e. The highest BCUT2D eigenvalue weighted by atomic mass is 32.2. The lowest BCUT2D eigenvalue weighted by molar-refractivity contribution is 0.102. The van der Waals surface area contributed by atoms with E-state index >= 15 is 0 Å². The highest BCUT2D eigenvalue weighted by Crippen LogP contribution is 2.28. The van der Waals surface area contributed by atoms with Crippen LogP contribution in [0.5, 0.6) is 5.75 Å². The van der Waals surface area contributed by atoms with Crippen molar-refractivity contribution in [3.05, 3.63) is 72.3 Å². The van der Waals surface area contributed by atoms with Gasteiger partial charge < -0.3 is 4.74 Å². The van der Waals surface area contributed by atoms with Crippen LogP contribution in [0, 0.1) is 0 Å². The monoisotopic (exact) mass is 308 g/mol. The van der Waals surface area contributed by atoms with Crippen molar-refractivity contribution in [1.82, 2.24) is 0 Å². The molecule has 0 radical (unpaired) electrons. The predicted molar refractivity (Wildman–Crippen MR) is 92.0 cm³/mol. The molecule has 0 unspecified atom stereocenters. The van der Waals surface area contributed by atoms with Crippen LogP contribution in [0.25, 0.3) is 10.8 Å². The number of carbonyl (C=O) groups excluding carboxylic acids is 1. The van der Waals surface area contributed by atoms with E-state index in [1.807, 2.05) is 42.5 Å². The normalized spacial score (nSPS) is 10.6. The maximum absolute atomic E-state index is 12.3. The number of ketones is 1. The summed E-state index contributed by atoms with van der Waals surface area (Å²) in [6.45, 7) is 0. The van der Waals surface area contributed by atoms with Gasteiger partial charge in [0.1, 0.15) is 5.75 Å². The summed E-state index contributed by atoms with van der Waals surface area (Å²) in [5.74, 6) is 1.32. The first-order valence-corrected chi connectivity index (χ1v) is 8.04. The Labute approximate surface area is 134 Å². The van der Waals surface area contributed by atoms with Crippen LogP contribution in [0.2, 0.25) is 0 Å². The molecule has 0 heterocycles. The van der Waals surface area contributed by atoms with Crippen molar-refractivity contribution in [1.29, 1.82) is 0 Å². The summed E-state index contributed by atoms with van der Waals surface area (Å²) in [6.07, 6.45) is 0. The van der Waals surface area contributed by atoms with Gasteiger partial charge in [0.05, 0.1) is 12.9 Å². The minimum atomic E-state index is 0.126. The summed E-state index contributed by atoms with van der Waals surface area (Å²) in [5, 5.41) is 2.39. The Balaban J connectivity index is 1.74. The molecule has 0 aliphatic heterocycles. The number of hydrogen-bond acceptors (Lipinski definition) is 3. The summed E-state index contributed by atoms with van der Waals surface area (Å²) < 4.78 is 5.11. The molecule has 3 heteroatoms. The molecule has 0 N–H and O–H groups in total. The van der Waals surface area contributed by atoms with Crippen molar-refractivity contribution < 1.29 is 9.53 Å². The van der Waals surface area contributed by atoms with E-state index in [1.54, 1.807) is 18.9 Å². The van der Waals surface area contributed by atoms with Gasteiger partial charge in [0, 0.05) is 10.5 Å². The second-order valence-corrected chi connectivity index (χ2v) is 5.93. The maximum Gasteiger partial charge on any atom is 0.173 e. The van der Waals surface area contributed by atoms with Gasteiger partial charge in [-0.2, -0.15) is 0 Å². The summed E-state index contributed by atoms with van der Waals surface area (Å²) in [4.78, 5) is 13.4. The zero-order valence-corrected chi connectivity index (χ0v) is 13.1. The number of Topliss-reactive ketones (excluding diaryl/α,β-unsaturated/α-hetero) is 1. The molecular weight excluding hydrogens is 292 g/mol. The fourth-order valence-corrected chi connectivity index (χ4v) is 3.29. The summed E-state index contributed by atoms with van der Waals surface area (Å²) >= 11 is 1.58. The zero-order chi connectivity index (χ0) is 15.4. The zero-order valence-electron chi connectivity index (χ0n) is 12.3. The second-order valence-electron chi connectivity index (χ2n) is 4.92. The van der Waals surface area contributed by atoms with E-state index in [9.17, 15) is 4.79 Å². The minimum absolute atomic E-state index is 0.126. The predicted octanol–water partition coefficient (Wildman–Crippen LogP) is 4.82. The number of methoxy groups -OCH3 is 1. The lowest BCUT2D eigenvalue weighted by Crippen LogP contribution is -2.02. The van der Waals surface area contributed by atoms with Gasteiger partial charge in [0.2, 0.25) is 0 Å². The molecule has 0 atom stereocenters. The number of hydrogen-bond donors (Lipinski definition) is 0. The molecule has 110 valence electrons. The van der Waals surface area contributed by atoms with Crippen LogP contribution < -0.4 is 4.74 Å². The summed E-state index contributed by atoms with van der Waals surface area (Å²) in [5.41, 5.74) is 0.716. The second kappa shape index (κ2) is 6.67. The number of rotatable bonds is 5. The van der Waals surface area contributed by atoms with E-state index in [2.05, 4.69) is 24.3 Å². The number of thioether (sulfide) groups is 1. The third-order valence-corrected chi connectivity index (χ3v) is 4.59. The molecule has 2 nitrogen and oxygen atoms in total. The van der Waals surface area contributed by atoms with Gasteiger partial charge in [-0.1, -0.05) is 36.4 Å². The Morgan fingerprint density at radius 1 is 0.955 bits per heavy atom. The van der Waals surface area contributed by atoms with Crippen molar-refractivity contribution in [3.63, 3.8) is 0 Å². The Bertz CT molecular complexity index is 789. The molecule has 0 spiro atoms. The van der Waals surface area contributed by atoms with Crippen molar-refractivity contribution in [2.75, 3.05) is 12.9 Å². The number of fused-ring (bicyclic) bond motifs is 1. The molecule has 0 saturated heterocycles. The quantitative estimate of drug-likeness (QED) is 0.499. The highest BCUT2D eigenvalue weighted by Gasteiger charge is 2.08. The number of benzene rings is 3. The van der Waals surface area contributed by atoms with Crippen LogP contribution in [-0.4, -0.2) is 18.6 Å². The molecule has 3 rings (SSSR count). The lowest BCUT2D eigenvalue weighted by atomic mass is 10.1. The topological polar surface area (TPSA) is 26.3 Å². The van der Waals surface area contributed by atoms with E-state index in [-0.39, 0.29) is 5.78 Å². The highest BCUT2D eigenvalue weighted by molar-refractivity contribution is 8.00. The van der Waals surface area contributed by atoms with Crippen molar-refractivity contribution >= 4 is 28.3 Å². The fourth-order valence-electron chi connectivity index (χ4n) is 2.33. The molecule has 0 aliphatic carbocycles. The molecule has 0 amide bonds. The Hall–Kier alpha value is -2.26. The van der Waals surface area contributed by atoms with Gasteiger partial charge in [0.15, 0.2) is 5.78 Å². The Morgan fingerprint density at radius 2 is 1.68 bits per heavy atom. The van der Waals surface area contributed by atoms with Crippen molar-refractivity contribution in [2.24, 2.45) is 0 Å². The van der Waals surface area contributed by atoms with Gasteiger partial charge in [-0.15, -0.1) is 11.8 Å². The van der Waals surface area contributed by atoms with Gasteiger partial charge in [-0.05, 0) is 41.1 Å². The first-order chi connectivity index (χ1) is 10.8. The van der Waals surface area contributed by atoms with Crippen LogP contribution in [0.4, 0.5) is 0 Å². The third-order valence-electron chi connectivity index (χ3n) is 3.52. The Morgan fingerprint density at radius 3 is 2.45 bits per heavy atom. The summed E-state index contributed by atoms with van der Waals surface area (Å²) in [6, 6.07) is 21.7. The van der Waals surface area contributed by atoms with Crippen LogP contribution in [-0.2, 0) is 0 Å². The van der Waals surface area contributed by atoms with E-state index < -0.39 is 0 Å². The van der Waals surface area contributed by atoms with Crippen molar-refractivity contribution in [2.45, 2.75) is 4.90 Å². The van der Waals surface area contributed by atoms with E-state index in [0.717, 1.165) is 10.6 Å². The Kier molecular flexibility index (Phi) is 4.45. The molecule has 3 aromatic rings. The molecule has 0 aromatic heterocycles. The largest absolute Gasteiger partial charge is 0.497 e. The van der Waals surface area contributed by atoms with Gasteiger partial charge in [-0.25, -0.2) is 0 Å². The average molecular weight is 308 g/mol. The molecule has 0 saturated carbocycles. The SMILES string of the molecule is COc1ccc(C(=O)CSc2cccc3ccccc23)cc1. The van der Waals surface area contributed by atoms with E-state index in [4.69, 9.17) is 4.74 Å². The fraction of sp³-hybridized carbons (Fsp3) is 0.105. The standard InChI is InChI=1S/C19H16O2S/c1-21-16-11-9-15(10-12-16)18(20)13-22-19-8-4-6-14-5-2-3-7-17(14)19/h2-12H,13H2,1H3. The molecular formula is C19H16O2S. The van der Waals surface area contributed by atoms with E-state index in [1.165, 1.54) is 10.8 Å². The van der Waals surface area contributed by atoms with Crippen LogP contribution in [0.3, 0.4) is 0 Å². The first kappa shape index (κ1) is 14.7. The number of carbonyl (C=O) groups is 1. The van der Waals surface area contributed by atoms with Crippen molar-refractivity contribution in [3.8, 4) is 5.75 Å². The molecule has 0 aliphatic rings. The first-order valence-electron chi connectivity index (χ1n) is 7.06. The number of ether oxygens (including phenoxy) is 1. The van der Waals surface area contributed by atoms with Gasteiger partial charge in [-0.3, -0.25) is 4.79 Å². The molecule has 3 aromatic carbocycles. The van der Waals surface area contributed by atoms with Gasteiger partial charge >= 0.3 is 0 Å². The molecule has 22 heavy (non-hydrogen) atoms. The van der Waals surface area contributed by atoms with Gasteiger partial charge in [0.25, 0.3) is 0 Å². The van der Waals surface area contributed by atoms with Crippen LogP contribution in [0.15, 0.2) is 71.6 Å². The summed E-state index contributed by atoms with van der Waals surface area (Å²) in [7, 11) is 1.62. The molecule has 0 bridgehead atoms. The van der Waals surface area contributed by atoms with Crippen LogP contribution >= 0.6 is 11.8 Å².